The fourth-order valence-corrected chi connectivity index (χ4v) is 4.54. The van der Waals surface area contributed by atoms with E-state index in [4.69, 9.17) is 0 Å². The van der Waals surface area contributed by atoms with Gasteiger partial charge in [0.25, 0.3) is 0 Å². The van der Waals surface area contributed by atoms with Crippen LogP contribution < -0.4 is 5.11 Å². The van der Waals surface area contributed by atoms with Gasteiger partial charge >= 0.3 is 11.9 Å². The van der Waals surface area contributed by atoms with E-state index in [1.807, 2.05) is 0 Å². The summed E-state index contributed by atoms with van der Waals surface area (Å²) in [7, 11) is 0. The van der Waals surface area contributed by atoms with Crippen molar-refractivity contribution in [2.45, 2.75) is 123 Å². The number of carbonyl (C=O) groups is 3. The Morgan fingerprint density at radius 3 is 1.50 bits per heavy atom. The van der Waals surface area contributed by atoms with Crippen LogP contribution in [0.1, 0.15) is 105 Å². The van der Waals surface area contributed by atoms with Crippen LogP contribution in [0.2, 0.25) is 0 Å². The van der Waals surface area contributed by atoms with Crippen LogP contribution in [0.5, 0.6) is 0 Å². The predicted octanol–water partition coefficient (Wildman–Crippen LogP) is 4.15. The van der Waals surface area contributed by atoms with Gasteiger partial charge in [-0.05, 0) is 52.9 Å². The van der Waals surface area contributed by atoms with E-state index in [2.05, 4.69) is 19.1 Å². The van der Waals surface area contributed by atoms with Crippen molar-refractivity contribution in [1.82, 2.24) is 0 Å². The molecule has 0 rings (SSSR count). The molecule has 0 aliphatic heterocycles. The topological polar surface area (TPSA) is 115 Å². The molecule has 0 radical (unpaired) electrons. The van der Waals surface area contributed by atoms with Gasteiger partial charge in [0.2, 0.25) is 0 Å². The predicted molar refractivity (Wildman–Crippen MR) is 124 cm³/mol. The van der Waals surface area contributed by atoms with Gasteiger partial charge in [-0.2, -0.15) is 0 Å². The van der Waals surface area contributed by atoms with Gasteiger partial charge in [-0.25, -0.2) is 9.59 Å². The van der Waals surface area contributed by atoms with Crippen molar-refractivity contribution < 1.29 is 34.2 Å². The quantitative estimate of drug-likeness (QED) is 0.162. The fraction of sp³-hybridized carbons (Fsp3) is 0.800. The van der Waals surface area contributed by atoms with Gasteiger partial charge in [0, 0.05) is 0 Å². The molecule has 186 valence electrons. The summed E-state index contributed by atoms with van der Waals surface area (Å²) in [5, 5.41) is 30.8. The molecule has 0 aliphatic rings. The van der Waals surface area contributed by atoms with Crippen LogP contribution in [-0.2, 0) is 14.4 Å². The monoisotopic (exact) mass is 455 g/mol. The van der Waals surface area contributed by atoms with Gasteiger partial charge in [-0.3, -0.25) is 4.48 Å². The number of allylic oxidation sites excluding steroid dienone is 2. The molecule has 0 saturated heterocycles. The van der Waals surface area contributed by atoms with Crippen molar-refractivity contribution in [1.29, 1.82) is 0 Å². The number of carboxylic acids is 3. The van der Waals surface area contributed by atoms with Crippen molar-refractivity contribution in [3.8, 4) is 0 Å². The highest BCUT2D eigenvalue weighted by molar-refractivity contribution is 5.76. The highest BCUT2D eigenvalue weighted by Crippen LogP contribution is 2.27. The molecule has 0 spiro atoms. The molecule has 0 heterocycles. The van der Waals surface area contributed by atoms with E-state index >= 15 is 0 Å². The Kier molecular flexibility index (Phi) is 15.7. The first-order chi connectivity index (χ1) is 15.1. The Hall–Kier alpha value is -1.89. The van der Waals surface area contributed by atoms with E-state index in [0.717, 1.165) is 32.1 Å². The normalized spacial score (nSPS) is 16.4. The van der Waals surface area contributed by atoms with Crippen LogP contribution in [0, 0.1) is 0 Å². The molecule has 0 bridgehead atoms. The maximum Gasteiger partial charge on any atom is 0.362 e. The second-order valence-corrected chi connectivity index (χ2v) is 8.95. The van der Waals surface area contributed by atoms with Crippen LogP contribution in [-0.4, -0.2) is 57.3 Å². The summed E-state index contributed by atoms with van der Waals surface area (Å²) in [6, 6.07) is -3.55. The molecule has 0 aromatic heterocycles. The number of hydrogen-bond donors (Lipinski definition) is 2. The molecule has 0 saturated carbocycles. The molecule has 0 aromatic rings. The summed E-state index contributed by atoms with van der Waals surface area (Å²) >= 11 is 0. The van der Waals surface area contributed by atoms with Crippen LogP contribution >= 0.6 is 0 Å². The van der Waals surface area contributed by atoms with Crippen LogP contribution in [0.15, 0.2) is 12.2 Å². The molecule has 0 amide bonds. The van der Waals surface area contributed by atoms with Gasteiger partial charge in [-0.1, -0.05) is 64.0 Å². The lowest BCUT2D eigenvalue weighted by Crippen LogP contribution is -2.72. The highest BCUT2D eigenvalue weighted by atomic mass is 16.4. The average Bonchev–Trinajstić information content (AvgIpc) is 2.75. The standard InChI is InChI=1S/C25H45NO6/c1-5-6-7-8-9-10-11-12-13-14-15-16-17-18-19-26(20(2)23(27)28,21(3)24(29)30)22(4)25(31)32/h6-7,20-22H,5,8-19H2,1-4H3,(H2-,27,28,29,30,31,32)/b7-6+. The van der Waals surface area contributed by atoms with Crippen molar-refractivity contribution in [3.63, 3.8) is 0 Å². The Morgan fingerprint density at radius 1 is 0.719 bits per heavy atom. The number of hydrogen-bond acceptors (Lipinski definition) is 4. The van der Waals surface area contributed by atoms with E-state index < -0.39 is 40.5 Å². The Balaban J connectivity index is 4.49. The zero-order valence-corrected chi connectivity index (χ0v) is 20.6. The lowest BCUT2D eigenvalue weighted by Gasteiger charge is -2.49. The van der Waals surface area contributed by atoms with Crippen LogP contribution in [0.3, 0.4) is 0 Å². The molecular formula is C25H45NO6. The smallest absolute Gasteiger partial charge is 0.362 e. The van der Waals surface area contributed by atoms with Gasteiger partial charge in [0.1, 0.15) is 6.04 Å². The molecule has 0 fully saturated rings. The van der Waals surface area contributed by atoms with Gasteiger partial charge in [0.05, 0.1) is 12.5 Å². The lowest BCUT2D eigenvalue weighted by atomic mass is 10.00. The number of nitrogens with zero attached hydrogens (tertiary/aromatic N) is 1. The van der Waals surface area contributed by atoms with Gasteiger partial charge in [-0.15, -0.1) is 0 Å². The third-order valence-corrected chi connectivity index (χ3v) is 6.79. The number of rotatable bonds is 20. The summed E-state index contributed by atoms with van der Waals surface area (Å²) in [4.78, 5) is 35.1. The summed E-state index contributed by atoms with van der Waals surface area (Å²) in [5.41, 5.74) is 0. The molecule has 7 nitrogen and oxygen atoms in total. The number of aliphatic carboxylic acids is 3. The van der Waals surface area contributed by atoms with Crippen molar-refractivity contribution in [3.05, 3.63) is 12.2 Å². The first kappa shape index (κ1) is 30.1. The van der Waals surface area contributed by atoms with Gasteiger partial charge in [0.15, 0.2) is 12.1 Å². The van der Waals surface area contributed by atoms with Crippen LogP contribution in [0.25, 0.3) is 0 Å². The minimum Gasteiger partial charge on any atom is -0.544 e. The summed E-state index contributed by atoms with van der Waals surface area (Å²) in [5.74, 6) is -3.83. The average molecular weight is 456 g/mol. The maximum absolute atomic E-state index is 11.7. The SMILES string of the molecule is CC/C=C/CCCCCCCCCCCC[N+](C(C)C(=O)[O-])(C(C)C(=O)O)C(C)C(=O)O. The third-order valence-electron chi connectivity index (χ3n) is 6.79. The molecule has 3 unspecified atom stereocenters. The number of carbonyl (C=O) groups excluding carboxylic acids is 1. The summed E-state index contributed by atoms with van der Waals surface area (Å²) in [6.45, 7) is 6.46. The number of carboxylic acid groups (broad SMARTS) is 3. The zero-order chi connectivity index (χ0) is 24.6. The van der Waals surface area contributed by atoms with Crippen molar-refractivity contribution in [2.24, 2.45) is 0 Å². The Labute approximate surface area is 194 Å². The van der Waals surface area contributed by atoms with Gasteiger partial charge < -0.3 is 20.1 Å². The number of unbranched alkanes of at least 4 members (excludes halogenated alkanes) is 10. The van der Waals surface area contributed by atoms with E-state index in [9.17, 15) is 29.7 Å². The molecule has 3 atom stereocenters. The maximum atomic E-state index is 11.7. The minimum absolute atomic E-state index is 0.183. The van der Waals surface area contributed by atoms with Crippen LogP contribution in [0.4, 0.5) is 0 Å². The second-order valence-electron chi connectivity index (χ2n) is 8.95. The lowest BCUT2D eigenvalue weighted by molar-refractivity contribution is -0.969. The van der Waals surface area contributed by atoms with Crippen molar-refractivity contribution >= 4 is 17.9 Å². The minimum atomic E-state index is -1.42. The second kappa shape index (κ2) is 16.7. The zero-order valence-electron chi connectivity index (χ0n) is 20.6. The summed E-state index contributed by atoms with van der Waals surface area (Å²) < 4.78 is -0.541. The molecule has 0 aromatic carbocycles. The Bertz CT molecular complexity index is 539. The first-order valence-corrected chi connectivity index (χ1v) is 12.3. The highest BCUT2D eigenvalue weighted by Gasteiger charge is 2.50. The third kappa shape index (κ3) is 10.2. The number of quaternary nitrogens is 1. The van der Waals surface area contributed by atoms with Crippen molar-refractivity contribution in [2.75, 3.05) is 6.54 Å². The fourth-order valence-electron chi connectivity index (χ4n) is 4.54. The first-order valence-electron chi connectivity index (χ1n) is 12.3. The molecule has 2 N–H and O–H groups in total. The Morgan fingerprint density at radius 2 is 1.12 bits per heavy atom. The summed E-state index contributed by atoms with van der Waals surface area (Å²) in [6.07, 6.45) is 17.6. The molecule has 0 aliphatic carbocycles. The van der Waals surface area contributed by atoms with E-state index in [-0.39, 0.29) is 6.54 Å². The van der Waals surface area contributed by atoms with E-state index in [1.54, 1.807) is 0 Å². The molecular weight excluding hydrogens is 410 g/mol. The largest absolute Gasteiger partial charge is 0.544 e. The van der Waals surface area contributed by atoms with E-state index in [0.29, 0.717) is 6.42 Å². The molecule has 7 heteroatoms. The molecule has 32 heavy (non-hydrogen) atoms. The van der Waals surface area contributed by atoms with E-state index in [1.165, 1.54) is 59.3 Å².